The minimum atomic E-state index is -0.675. The monoisotopic (exact) mass is 916 g/mol. The Labute approximate surface area is 405 Å². The molecule has 0 saturated carbocycles. The van der Waals surface area contributed by atoms with E-state index in [9.17, 15) is 19.8 Å². The fourth-order valence-electron chi connectivity index (χ4n) is 9.02. The summed E-state index contributed by atoms with van der Waals surface area (Å²) >= 11 is 0. The van der Waals surface area contributed by atoms with Crippen LogP contribution in [0.5, 0.6) is 0 Å². The van der Waals surface area contributed by atoms with Gasteiger partial charge in [0.2, 0.25) is 5.91 Å². The molecule has 2 atom stereocenters. The number of aliphatic hydroxyl groups excluding tert-OH is 2. The molecule has 384 valence electrons. The Morgan fingerprint density at radius 2 is 0.769 bits per heavy atom. The second-order valence-corrected chi connectivity index (χ2v) is 20.0. The van der Waals surface area contributed by atoms with Crippen molar-refractivity contribution in [3.05, 3.63) is 24.3 Å². The number of hydrogen-bond acceptors (Lipinski definition) is 5. The molecule has 0 bridgehead atoms. The van der Waals surface area contributed by atoms with Gasteiger partial charge in [-0.1, -0.05) is 263 Å². The first-order valence-electron chi connectivity index (χ1n) is 29.1. The number of ether oxygens (including phenoxy) is 1. The van der Waals surface area contributed by atoms with Crippen molar-refractivity contribution in [3.8, 4) is 0 Å². The molecule has 65 heavy (non-hydrogen) atoms. The third-order valence-electron chi connectivity index (χ3n) is 13.5. The molecule has 3 N–H and O–H groups in total. The second kappa shape index (κ2) is 54.9. The average Bonchev–Trinajstić information content (AvgIpc) is 3.31. The van der Waals surface area contributed by atoms with Crippen LogP contribution in [-0.4, -0.2) is 47.4 Å². The largest absolute Gasteiger partial charge is 0.466 e. The standard InChI is InChI=1S/C59H113NO5/c1-3-5-7-9-11-13-15-16-17-18-19-20-22-25-28-32-35-39-43-47-51-57(62)56(55-61)60-58(63)52-48-44-40-36-33-29-26-23-21-24-27-30-34-38-42-46-50-54-65-59(64)53-49-45-41-37-31-14-12-10-8-6-4-2/h21,24,30,34,56-57,61-62H,3-20,22-23,25-29,31-33,35-55H2,1-2H3,(H,60,63)/b24-21-,34-30-. The Hall–Kier alpha value is -1.66. The van der Waals surface area contributed by atoms with Crippen LogP contribution in [0.15, 0.2) is 24.3 Å². The van der Waals surface area contributed by atoms with Gasteiger partial charge in [-0.05, 0) is 64.2 Å². The molecule has 6 nitrogen and oxygen atoms in total. The average molecular weight is 917 g/mol. The maximum Gasteiger partial charge on any atom is 0.305 e. The smallest absolute Gasteiger partial charge is 0.305 e. The Bertz CT molecular complexity index is 1010. The van der Waals surface area contributed by atoms with Gasteiger partial charge >= 0.3 is 5.97 Å². The van der Waals surface area contributed by atoms with Gasteiger partial charge in [0.25, 0.3) is 0 Å². The molecule has 0 aliphatic carbocycles. The molecule has 0 aromatic rings. The molecule has 0 radical (unpaired) electrons. The number of hydrogen-bond donors (Lipinski definition) is 3. The SMILES string of the molecule is CCCCCCCCCCCCCCCCCCCCCCC(O)C(CO)NC(=O)CCCCCCCCC/C=C\C/C=C\CCCCCOC(=O)CCCCCCCCCCCCC. The number of aliphatic hydroxyl groups is 2. The van der Waals surface area contributed by atoms with E-state index >= 15 is 0 Å². The fourth-order valence-corrected chi connectivity index (χ4v) is 9.02. The van der Waals surface area contributed by atoms with E-state index < -0.39 is 12.1 Å². The first-order chi connectivity index (χ1) is 32.0. The molecule has 0 heterocycles. The van der Waals surface area contributed by atoms with Gasteiger partial charge in [-0.3, -0.25) is 9.59 Å². The molecule has 0 fully saturated rings. The quantitative estimate of drug-likeness (QED) is 0.0321. The molecule has 2 unspecified atom stereocenters. The zero-order chi connectivity index (χ0) is 47.2. The maximum absolute atomic E-state index is 12.5. The number of unbranched alkanes of at least 4 members (excludes halogenated alkanes) is 39. The number of esters is 1. The Balaban J connectivity index is 3.50. The third kappa shape index (κ3) is 51.6. The molecule has 0 saturated heterocycles. The normalized spacial score (nSPS) is 12.7. The van der Waals surface area contributed by atoms with E-state index in [0.29, 0.717) is 25.9 Å². The first kappa shape index (κ1) is 63.3. The highest BCUT2D eigenvalue weighted by atomic mass is 16.5. The Kier molecular flexibility index (Phi) is 53.5. The molecule has 1 amide bonds. The zero-order valence-corrected chi connectivity index (χ0v) is 43.7. The lowest BCUT2D eigenvalue weighted by Crippen LogP contribution is -2.45. The molecule has 0 spiro atoms. The van der Waals surface area contributed by atoms with Gasteiger partial charge in [-0.25, -0.2) is 0 Å². The predicted molar refractivity (Wildman–Crippen MR) is 283 cm³/mol. The molecule has 0 aromatic heterocycles. The van der Waals surface area contributed by atoms with Gasteiger partial charge in [0.05, 0.1) is 25.4 Å². The van der Waals surface area contributed by atoms with E-state index in [1.807, 2.05) is 0 Å². The molecule has 0 aliphatic heterocycles. The van der Waals surface area contributed by atoms with Crippen molar-refractivity contribution in [2.24, 2.45) is 0 Å². The van der Waals surface area contributed by atoms with E-state index in [1.165, 1.54) is 199 Å². The van der Waals surface area contributed by atoms with E-state index in [2.05, 4.69) is 43.5 Å². The lowest BCUT2D eigenvalue weighted by atomic mass is 10.0. The van der Waals surface area contributed by atoms with Crippen LogP contribution in [0, 0.1) is 0 Å². The Morgan fingerprint density at radius 3 is 1.17 bits per heavy atom. The van der Waals surface area contributed by atoms with E-state index in [-0.39, 0.29) is 18.5 Å². The Morgan fingerprint density at radius 1 is 0.431 bits per heavy atom. The summed E-state index contributed by atoms with van der Waals surface area (Å²) < 4.78 is 5.43. The maximum atomic E-state index is 12.5. The number of amides is 1. The van der Waals surface area contributed by atoms with Crippen molar-refractivity contribution in [1.82, 2.24) is 5.32 Å². The van der Waals surface area contributed by atoms with Crippen LogP contribution in [0.1, 0.15) is 316 Å². The minimum absolute atomic E-state index is 0.0154. The van der Waals surface area contributed by atoms with Crippen molar-refractivity contribution in [2.45, 2.75) is 328 Å². The molecule has 0 aliphatic rings. The van der Waals surface area contributed by atoms with Gasteiger partial charge < -0.3 is 20.3 Å². The van der Waals surface area contributed by atoms with Crippen molar-refractivity contribution in [3.63, 3.8) is 0 Å². The van der Waals surface area contributed by atoms with Gasteiger partial charge in [0.1, 0.15) is 0 Å². The lowest BCUT2D eigenvalue weighted by molar-refractivity contribution is -0.143. The first-order valence-corrected chi connectivity index (χ1v) is 29.1. The summed E-state index contributed by atoms with van der Waals surface area (Å²) in [6, 6.07) is -0.554. The summed E-state index contributed by atoms with van der Waals surface area (Å²) in [6.45, 7) is 4.92. The number of carbonyl (C=O) groups excluding carboxylic acids is 2. The zero-order valence-electron chi connectivity index (χ0n) is 43.7. The number of rotatable bonds is 54. The summed E-state index contributed by atoms with van der Waals surface area (Å²) in [5, 5.41) is 23.3. The van der Waals surface area contributed by atoms with Crippen LogP contribution in [-0.2, 0) is 14.3 Å². The highest BCUT2D eigenvalue weighted by molar-refractivity contribution is 5.76. The van der Waals surface area contributed by atoms with Crippen LogP contribution in [0.2, 0.25) is 0 Å². The molecule has 0 rings (SSSR count). The summed E-state index contributed by atoms with van der Waals surface area (Å²) in [5.41, 5.74) is 0. The van der Waals surface area contributed by atoms with E-state index in [0.717, 1.165) is 83.5 Å². The summed E-state index contributed by atoms with van der Waals surface area (Å²) in [4.78, 5) is 24.5. The topological polar surface area (TPSA) is 95.9 Å². The minimum Gasteiger partial charge on any atom is -0.466 e. The predicted octanol–water partition coefficient (Wildman–Crippen LogP) is 17.9. The molecule has 0 aromatic carbocycles. The van der Waals surface area contributed by atoms with Crippen LogP contribution in [0.3, 0.4) is 0 Å². The molecular formula is C59H113NO5. The van der Waals surface area contributed by atoms with Crippen molar-refractivity contribution >= 4 is 11.9 Å². The van der Waals surface area contributed by atoms with Crippen molar-refractivity contribution in [2.75, 3.05) is 13.2 Å². The van der Waals surface area contributed by atoms with Crippen LogP contribution < -0.4 is 5.32 Å². The lowest BCUT2D eigenvalue weighted by Gasteiger charge is -2.22. The van der Waals surface area contributed by atoms with Crippen LogP contribution >= 0.6 is 0 Å². The van der Waals surface area contributed by atoms with E-state index in [1.54, 1.807) is 0 Å². The van der Waals surface area contributed by atoms with Gasteiger partial charge in [-0.15, -0.1) is 0 Å². The number of carbonyl (C=O) groups is 2. The number of nitrogens with one attached hydrogen (secondary N) is 1. The highest BCUT2D eigenvalue weighted by Crippen LogP contribution is 2.17. The summed E-state index contributed by atoms with van der Waals surface area (Å²) in [5.74, 6) is -0.0638. The van der Waals surface area contributed by atoms with Gasteiger partial charge in [0, 0.05) is 12.8 Å². The van der Waals surface area contributed by atoms with Crippen molar-refractivity contribution in [1.29, 1.82) is 0 Å². The number of allylic oxidation sites excluding steroid dienone is 4. The van der Waals surface area contributed by atoms with Crippen LogP contribution in [0.25, 0.3) is 0 Å². The van der Waals surface area contributed by atoms with Gasteiger partial charge in [-0.2, -0.15) is 0 Å². The summed E-state index contributed by atoms with van der Waals surface area (Å²) in [7, 11) is 0. The van der Waals surface area contributed by atoms with Crippen molar-refractivity contribution < 1.29 is 24.5 Å². The second-order valence-electron chi connectivity index (χ2n) is 20.0. The third-order valence-corrected chi connectivity index (χ3v) is 13.5. The van der Waals surface area contributed by atoms with Gasteiger partial charge in [0.15, 0.2) is 0 Å². The molecular weight excluding hydrogens is 803 g/mol. The fraction of sp³-hybridized carbons (Fsp3) is 0.898. The van der Waals surface area contributed by atoms with E-state index in [4.69, 9.17) is 4.74 Å². The molecule has 6 heteroatoms. The summed E-state index contributed by atoms with van der Waals surface area (Å²) in [6.07, 6.45) is 66.0. The van der Waals surface area contributed by atoms with Crippen LogP contribution in [0.4, 0.5) is 0 Å². The highest BCUT2D eigenvalue weighted by Gasteiger charge is 2.20.